The third-order valence-electron chi connectivity index (χ3n) is 4.71. The molecule has 1 N–H and O–H groups in total. The van der Waals surface area contributed by atoms with E-state index in [0.717, 1.165) is 0 Å². The molecule has 1 fully saturated rings. The largest absolute Gasteiger partial charge is 0.481 e. The highest BCUT2D eigenvalue weighted by atomic mass is 35.5. The van der Waals surface area contributed by atoms with Crippen molar-refractivity contribution in [2.45, 2.75) is 25.9 Å². The van der Waals surface area contributed by atoms with E-state index in [0.29, 0.717) is 45.0 Å². The van der Waals surface area contributed by atoms with Crippen LogP contribution in [0.15, 0.2) is 16.5 Å². The second kappa shape index (κ2) is 7.76. The SMILES string of the molecule is Cc1nc2c(Cl)cc(C(=O)[C@H]3C[C@@H]3C(=O)OC(CC(=O)O)C[N+](C)(C)C)cc2o1. The molecule has 1 aromatic carbocycles. The number of benzene rings is 1. The van der Waals surface area contributed by atoms with Crippen LogP contribution in [0.1, 0.15) is 29.1 Å². The number of aliphatic carboxylic acids is 1. The summed E-state index contributed by atoms with van der Waals surface area (Å²) in [5.41, 5.74) is 1.26. The van der Waals surface area contributed by atoms with Gasteiger partial charge in [-0.2, -0.15) is 0 Å². The van der Waals surface area contributed by atoms with Crippen molar-refractivity contribution >= 4 is 40.4 Å². The number of aryl methyl sites for hydroxylation is 1. The predicted molar refractivity (Wildman–Crippen MR) is 105 cm³/mol. The Bertz CT molecular complexity index is 977. The molecule has 0 radical (unpaired) electrons. The zero-order valence-corrected chi connectivity index (χ0v) is 17.5. The van der Waals surface area contributed by atoms with E-state index >= 15 is 0 Å². The fourth-order valence-electron chi connectivity index (χ4n) is 3.40. The minimum Gasteiger partial charge on any atom is -0.481 e. The van der Waals surface area contributed by atoms with Gasteiger partial charge in [-0.1, -0.05) is 11.6 Å². The maximum Gasteiger partial charge on any atom is 0.310 e. The van der Waals surface area contributed by atoms with Gasteiger partial charge in [-0.05, 0) is 18.6 Å². The van der Waals surface area contributed by atoms with E-state index in [-0.39, 0.29) is 12.2 Å². The summed E-state index contributed by atoms with van der Waals surface area (Å²) in [6, 6.07) is 3.10. The molecule has 1 saturated carbocycles. The molecule has 3 atom stereocenters. The molecule has 3 rings (SSSR count). The number of hydrogen-bond acceptors (Lipinski definition) is 6. The summed E-state index contributed by atoms with van der Waals surface area (Å²) in [7, 11) is 5.66. The number of carbonyl (C=O) groups is 3. The van der Waals surface area contributed by atoms with Crippen molar-refractivity contribution in [3.63, 3.8) is 0 Å². The molecule has 1 unspecified atom stereocenters. The quantitative estimate of drug-likeness (QED) is 0.395. The standard InChI is InChI=1S/C20H23ClN2O6/c1-10-22-18-15(21)5-11(6-16(18)28-10)19(26)13-8-14(13)20(27)29-12(7-17(24)25)9-23(2,3)4/h5-6,12-14H,7-9H2,1-4H3/p+1/t12?,13-,14-/m0/s1. The lowest BCUT2D eigenvalue weighted by molar-refractivity contribution is -0.873. The monoisotopic (exact) mass is 423 g/mol. The molecule has 0 saturated heterocycles. The van der Waals surface area contributed by atoms with E-state index in [1.165, 1.54) is 6.07 Å². The number of fused-ring (bicyclic) bond motifs is 1. The fourth-order valence-corrected chi connectivity index (χ4v) is 3.65. The van der Waals surface area contributed by atoms with Gasteiger partial charge in [0.25, 0.3) is 0 Å². The average molecular weight is 424 g/mol. The summed E-state index contributed by atoms with van der Waals surface area (Å²) in [5, 5.41) is 9.38. The van der Waals surface area contributed by atoms with Gasteiger partial charge in [0.2, 0.25) is 0 Å². The smallest absolute Gasteiger partial charge is 0.310 e. The summed E-state index contributed by atoms with van der Waals surface area (Å²) in [4.78, 5) is 40.5. The van der Waals surface area contributed by atoms with Gasteiger partial charge in [0, 0.05) is 18.4 Å². The molecule has 2 aromatic rings. The van der Waals surface area contributed by atoms with Gasteiger partial charge in [-0.15, -0.1) is 0 Å². The van der Waals surface area contributed by atoms with Gasteiger partial charge < -0.3 is 18.7 Å². The van der Waals surface area contributed by atoms with Crippen LogP contribution in [-0.4, -0.2) is 66.1 Å². The number of quaternary nitrogens is 1. The Morgan fingerprint density at radius 3 is 2.62 bits per heavy atom. The molecule has 29 heavy (non-hydrogen) atoms. The van der Waals surface area contributed by atoms with E-state index in [1.807, 2.05) is 21.1 Å². The first-order chi connectivity index (χ1) is 13.4. The number of hydrogen-bond donors (Lipinski definition) is 1. The minimum atomic E-state index is -1.04. The first kappa shape index (κ1) is 21.3. The summed E-state index contributed by atoms with van der Waals surface area (Å²) >= 11 is 6.20. The first-order valence-electron chi connectivity index (χ1n) is 9.28. The maximum atomic E-state index is 12.8. The lowest BCUT2D eigenvalue weighted by atomic mass is 10.1. The Kier molecular flexibility index (Phi) is 5.69. The number of ether oxygens (including phenoxy) is 1. The molecule has 9 heteroatoms. The molecule has 1 aliphatic rings. The molecular weight excluding hydrogens is 400 g/mol. The third kappa shape index (κ3) is 5.13. The highest BCUT2D eigenvalue weighted by Crippen LogP contribution is 2.43. The lowest BCUT2D eigenvalue weighted by Crippen LogP contribution is -2.44. The summed E-state index contributed by atoms with van der Waals surface area (Å²) < 4.78 is 11.3. The summed E-state index contributed by atoms with van der Waals surface area (Å²) in [6.45, 7) is 2.05. The molecule has 156 valence electrons. The number of nitrogens with zero attached hydrogens (tertiary/aromatic N) is 2. The van der Waals surface area contributed by atoms with Crippen LogP contribution in [0, 0.1) is 18.8 Å². The van der Waals surface area contributed by atoms with E-state index in [2.05, 4.69) is 4.98 Å². The molecule has 8 nitrogen and oxygen atoms in total. The summed E-state index contributed by atoms with van der Waals surface area (Å²) in [6.07, 6.45) is -0.657. The van der Waals surface area contributed by atoms with Gasteiger partial charge >= 0.3 is 11.9 Å². The van der Waals surface area contributed by atoms with E-state index in [4.69, 9.17) is 25.9 Å². The second-order valence-electron chi connectivity index (χ2n) is 8.48. The number of ketones is 1. The molecule has 1 heterocycles. The van der Waals surface area contributed by atoms with Crippen LogP contribution in [0.4, 0.5) is 0 Å². The summed E-state index contributed by atoms with van der Waals surface area (Å²) in [5.74, 6) is -2.42. The van der Waals surface area contributed by atoms with Gasteiger partial charge in [-0.3, -0.25) is 14.4 Å². The Morgan fingerprint density at radius 1 is 1.31 bits per heavy atom. The number of carboxylic acids is 1. The van der Waals surface area contributed by atoms with Crippen LogP contribution >= 0.6 is 11.6 Å². The van der Waals surface area contributed by atoms with Crippen LogP contribution in [0.2, 0.25) is 5.02 Å². The zero-order valence-electron chi connectivity index (χ0n) is 16.8. The third-order valence-corrected chi connectivity index (χ3v) is 4.99. The molecule has 0 spiro atoms. The Hall–Kier alpha value is -2.45. The van der Waals surface area contributed by atoms with Crippen LogP contribution in [0.3, 0.4) is 0 Å². The number of carboxylic acid groups (broad SMARTS) is 1. The Balaban J connectivity index is 1.68. The van der Waals surface area contributed by atoms with Crippen molar-refractivity contribution in [3.8, 4) is 0 Å². The molecule has 0 aliphatic heterocycles. The van der Waals surface area contributed by atoms with Gasteiger partial charge in [0.15, 0.2) is 23.4 Å². The molecule has 0 amide bonds. The van der Waals surface area contributed by atoms with E-state index in [1.54, 1.807) is 13.0 Å². The molecular formula is C20H24ClN2O6+. The van der Waals surface area contributed by atoms with Crippen molar-refractivity contribution < 1.29 is 33.1 Å². The number of rotatable bonds is 8. The first-order valence-corrected chi connectivity index (χ1v) is 9.66. The number of aromatic nitrogens is 1. The number of likely N-dealkylation sites (N-methyl/N-ethyl adjacent to an activating group) is 1. The van der Waals surface area contributed by atoms with Crippen LogP contribution in [0.5, 0.6) is 0 Å². The van der Waals surface area contributed by atoms with E-state index < -0.39 is 29.9 Å². The zero-order chi connectivity index (χ0) is 21.5. The maximum absolute atomic E-state index is 12.8. The van der Waals surface area contributed by atoms with Crippen molar-refractivity contribution in [1.82, 2.24) is 4.98 Å². The molecule has 0 bridgehead atoms. The van der Waals surface area contributed by atoms with Crippen molar-refractivity contribution in [3.05, 3.63) is 28.6 Å². The van der Waals surface area contributed by atoms with Gasteiger partial charge in [0.1, 0.15) is 12.1 Å². The number of halogens is 1. The van der Waals surface area contributed by atoms with Crippen LogP contribution in [0.25, 0.3) is 11.1 Å². The highest BCUT2D eigenvalue weighted by Gasteiger charge is 2.50. The molecule has 1 aliphatic carbocycles. The van der Waals surface area contributed by atoms with Crippen molar-refractivity contribution in [2.75, 3.05) is 27.7 Å². The predicted octanol–water partition coefficient (Wildman–Crippen LogP) is 2.70. The van der Waals surface area contributed by atoms with Crippen molar-refractivity contribution in [2.24, 2.45) is 11.8 Å². The normalized spacial score (nSPS) is 19.8. The number of esters is 1. The molecule has 1 aromatic heterocycles. The highest BCUT2D eigenvalue weighted by molar-refractivity contribution is 6.35. The minimum absolute atomic E-state index is 0.216. The van der Waals surface area contributed by atoms with Crippen LogP contribution < -0.4 is 0 Å². The number of oxazole rings is 1. The van der Waals surface area contributed by atoms with E-state index in [9.17, 15) is 14.4 Å². The Labute approximate surface area is 173 Å². The van der Waals surface area contributed by atoms with Gasteiger partial charge in [0.05, 0.1) is 38.5 Å². The fraction of sp³-hybridized carbons (Fsp3) is 0.500. The second-order valence-corrected chi connectivity index (χ2v) is 8.89. The lowest BCUT2D eigenvalue weighted by Gasteiger charge is -2.28. The van der Waals surface area contributed by atoms with Gasteiger partial charge in [-0.25, -0.2) is 4.98 Å². The van der Waals surface area contributed by atoms with Crippen molar-refractivity contribution in [1.29, 1.82) is 0 Å². The Morgan fingerprint density at radius 2 is 2.00 bits per heavy atom. The number of Topliss-reactive ketones (excluding diaryl/α,β-unsaturated/α-hetero) is 1. The number of carbonyl (C=O) groups excluding carboxylic acids is 2. The topological polar surface area (TPSA) is 107 Å². The average Bonchev–Trinajstić information content (AvgIpc) is 3.27. The van der Waals surface area contributed by atoms with Crippen LogP contribution in [-0.2, 0) is 14.3 Å².